The van der Waals surface area contributed by atoms with E-state index in [1.54, 1.807) is 0 Å². The molecule has 0 N–H and O–H groups in total. The minimum absolute atomic E-state index is 0.0119. The van der Waals surface area contributed by atoms with Crippen molar-refractivity contribution >= 4 is 68.1 Å². The first-order valence-corrected chi connectivity index (χ1v) is 24.7. The third-order valence-corrected chi connectivity index (χ3v) is 15.8. The summed E-state index contributed by atoms with van der Waals surface area (Å²) in [6, 6.07) is 62.1. The molecular formula is C64H61BN2O. The molecule has 0 unspecified atom stereocenters. The third-order valence-electron chi connectivity index (χ3n) is 15.8. The fraction of sp³-hybridized carbons (Fsp3) is 0.250. The van der Waals surface area contributed by atoms with Gasteiger partial charge < -0.3 is 14.1 Å². The van der Waals surface area contributed by atoms with Crippen LogP contribution in [-0.4, -0.2) is 6.85 Å². The molecule has 0 amide bonds. The van der Waals surface area contributed by atoms with Crippen LogP contribution in [0.2, 0.25) is 0 Å². The zero-order chi connectivity index (χ0) is 47.1. The first-order valence-electron chi connectivity index (χ1n) is 24.7. The van der Waals surface area contributed by atoms with Crippen molar-refractivity contribution in [2.75, 3.05) is 9.71 Å². The van der Waals surface area contributed by atoms with Crippen LogP contribution in [0.1, 0.15) is 104 Å². The van der Waals surface area contributed by atoms with E-state index in [-0.39, 0.29) is 28.5 Å². The number of fused-ring (bicyclic) bond motifs is 9. The second-order valence-electron chi connectivity index (χ2n) is 23.2. The predicted molar refractivity (Wildman–Crippen MR) is 291 cm³/mol. The molecule has 0 bridgehead atoms. The molecule has 2 aliphatic heterocycles. The zero-order valence-corrected chi connectivity index (χ0v) is 41.4. The smallest absolute Gasteiger partial charge is 0.336 e. The molecule has 0 spiro atoms. The van der Waals surface area contributed by atoms with E-state index < -0.39 is 0 Å². The minimum atomic E-state index is -0.222. The molecule has 336 valence electrons. The van der Waals surface area contributed by atoms with E-state index >= 15 is 0 Å². The van der Waals surface area contributed by atoms with Gasteiger partial charge in [-0.2, -0.15) is 0 Å². The van der Waals surface area contributed by atoms with Gasteiger partial charge in [0.1, 0.15) is 11.2 Å². The SMILES string of the molecule is CC(C)(C)c1ccc(N2B3c4c(cc(-c5ccccc5)cc4N(c4ccc(C(C)(C)C)cc4-c4ccccc4)c4ccc5c(oc6ccccc65)c43)-c3cc4c(cc32)C(C)(C)CCC4(C)C)cc1. The Bertz CT molecular complexity index is 3470. The first kappa shape index (κ1) is 42.6. The number of hydrogen-bond acceptors (Lipinski definition) is 3. The number of anilines is 5. The number of furan rings is 1. The molecule has 1 aromatic heterocycles. The molecule has 68 heavy (non-hydrogen) atoms. The maximum absolute atomic E-state index is 7.25. The number of nitrogens with zero attached hydrogens (tertiary/aromatic N) is 2. The summed E-state index contributed by atoms with van der Waals surface area (Å²) in [6.45, 7) is 23.5. The number of rotatable bonds is 4. The van der Waals surface area contributed by atoms with E-state index in [0.717, 1.165) is 46.2 Å². The molecule has 4 heteroatoms. The maximum atomic E-state index is 7.25. The number of benzene rings is 8. The van der Waals surface area contributed by atoms with E-state index in [2.05, 4.69) is 243 Å². The average Bonchev–Trinajstić information content (AvgIpc) is 3.71. The fourth-order valence-corrected chi connectivity index (χ4v) is 11.8. The highest BCUT2D eigenvalue weighted by atomic mass is 16.3. The highest BCUT2D eigenvalue weighted by molar-refractivity contribution is 6.95. The zero-order valence-electron chi connectivity index (χ0n) is 41.4. The quantitative estimate of drug-likeness (QED) is 0.164. The molecule has 0 atom stereocenters. The Labute approximate surface area is 403 Å². The monoisotopic (exact) mass is 884 g/mol. The lowest BCUT2D eigenvalue weighted by Gasteiger charge is -2.48. The topological polar surface area (TPSA) is 19.6 Å². The van der Waals surface area contributed by atoms with E-state index in [0.29, 0.717) is 0 Å². The summed E-state index contributed by atoms with van der Waals surface area (Å²) in [7, 11) is 0. The van der Waals surface area contributed by atoms with Crippen molar-refractivity contribution in [3.05, 3.63) is 186 Å². The molecule has 1 aliphatic carbocycles. The first-order chi connectivity index (χ1) is 32.5. The van der Waals surface area contributed by atoms with Gasteiger partial charge in [0.15, 0.2) is 0 Å². The van der Waals surface area contributed by atoms with E-state index in [1.807, 2.05) is 0 Å². The molecule has 0 saturated heterocycles. The summed E-state index contributed by atoms with van der Waals surface area (Å²) < 4.78 is 7.25. The Balaban J connectivity index is 1.27. The minimum Gasteiger partial charge on any atom is -0.456 e. The van der Waals surface area contributed by atoms with Crippen molar-refractivity contribution in [3.8, 4) is 33.4 Å². The van der Waals surface area contributed by atoms with Crippen LogP contribution in [0.25, 0.3) is 55.3 Å². The van der Waals surface area contributed by atoms with E-state index in [4.69, 9.17) is 4.42 Å². The van der Waals surface area contributed by atoms with Crippen LogP contribution in [0.3, 0.4) is 0 Å². The molecule has 3 nitrogen and oxygen atoms in total. The van der Waals surface area contributed by atoms with Gasteiger partial charge in [0.05, 0.1) is 5.69 Å². The Morgan fingerprint density at radius 3 is 1.74 bits per heavy atom. The van der Waals surface area contributed by atoms with Crippen LogP contribution < -0.4 is 20.6 Å². The van der Waals surface area contributed by atoms with Gasteiger partial charge in [-0.15, -0.1) is 0 Å². The lowest BCUT2D eigenvalue weighted by Crippen LogP contribution is -2.62. The molecule has 8 aromatic carbocycles. The molecule has 12 rings (SSSR count). The highest BCUT2D eigenvalue weighted by Crippen LogP contribution is 2.55. The van der Waals surface area contributed by atoms with Gasteiger partial charge in [-0.1, -0.05) is 166 Å². The summed E-state index contributed by atoms with van der Waals surface area (Å²) in [4.78, 5) is 5.28. The Morgan fingerprint density at radius 1 is 0.456 bits per heavy atom. The molecule has 3 aliphatic rings. The van der Waals surface area contributed by atoms with Gasteiger partial charge in [-0.3, -0.25) is 0 Å². The number of hydrogen-bond donors (Lipinski definition) is 0. The van der Waals surface area contributed by atoms with E-state index in [1.165, 1.54) is 83.6 Å². The van der Waals surface area contributed by atoms with Crippen LogP contribution >= 0.6 is 0 Å². The van der Waals surface area contributed by atoms with Crippen molar-refractivity contribution in [2.45, 2.75) is 104 Å². The average molecular weight is 885 g/mol. The van der Waals surface area contributed by atoms with Gasteiger partial charge in [0.2, 0.25) is 0 Å². The molecular weight excluding hydrogens is 824 g/mol. The summed E-state index contributed by atoms with van der Waals surface area (Å²) in [6.07, 6.45) is 2.29. The standard InChI is InChI=1S/C64H61BN2O/c1-61(2,3)43-25-28-45(29-26-43)67-55-39-52-51(63(7,8)33-34-64(52,9)10)38-49(55)50-35-42(40-19-13-11-14-20-40)36-56-58(50)65(67)59-54(32-30-47-46-23-17-18-24-57(46)68-60(47)59)66(56)53-31-27-44(62(4,5)6)37-48(53)41-21-15-12-16-22-41/h11-32,35-39H,33-34H2,1-10H3. The van der Waals surface area contributed by atoms with Crippen molar-refractivity contribution in [1.82, 2.24) is 0 Å². The number of para-hydroxylation sites is 1. The van der Waals surface area contributed by atoms with Crippen LogP contribution in [0.15, 0.2) is 168 Å². The summed E-state index contributed by atoms with van der Waals surface area (Å²) in [5, 5.41) is 2.27. The Kier molecular flexibility index (Phi) is 9.30. The van der Waals surface area contributed by atoms with Gasteiger partial charge in [0, 0.05) is 50.1 Å². The normalized spacial score (nSPS) is 15.8. The molecule has 3 heterocycles. The lowest BCUT2D eigenvalue weighted by atomic mass is 9.43. The molecule has 0 radical (unpaired) electrons. The van der Waals surface area contributed by atoms with Gasteiger partial charge in [0.25, 0.3) is 0 Å². The van der Waals surface area contributed by atoms with Crippen LogP contribution in [0, 0.1) is 0 Å². The summed E-state index contributed by atoms with van der Waals surface area (Å²) in [5.41, 5.74) is 23.1. The van der Waals surface area contributed by atoms with Crippen LogP contribution in [0.4, 0.5) is 28.4 Å². The Morgan fingerprint density at radius 2 is 1.06 bits per heavy atom. The fourth-order valence-electron chi connectivity index (χ4n) is 11.8. The Hall–Kier alpha value is -6.78. The maximum Gasteiger partial charge on any atom is 0.336 e. The van der Waals surface area contributed by atoms with Gasteiger partial charge in [-0.25, -0.2) is 0 Å². The van der Waals surface area contributed by atoms with Crippen molar-refractivity contribution in [2.24, 2.45) is 0 Å². The van der Waals surface area contributed by atoms with Crippen LogP contribution in [-0.2, 0) is 21.7 Å². The second-order valence-corrected chi connectivity index (χ2v) is 23.2. The molecule has 9 aromatic rings. The lowest BCUT2D eigenvalue weighted by molar-refractivity contribution is 0.332. The summed E-state index contributed by atoms with van der Waals surface area (Å²) in [5.74, 6) is 0. The molecule has 0 saturated carbocycles. The summed E-state index contributed by atoms with van der Waals surface area (Å²) >= 11 is 0. The third kappa shape index (κ3) is 6.54. The van der Waals surface area contributed by atoms with E-state index in [9.17, 15) is 0 Å². The van der Waals surface area contributed by atoms with Crippen molar-refractivity contribution in [1.29, 1.82) is 0 Å². The van der Waals surface area contributed by atoms with Gasteiger partial charge in [-0.05, 0) is 151 Å². The van der Waals surface area contributed by atoms with Crippen LogP contribution in [0.5, 0.6) is 0 Å². The second kappa shape index (κ2) is 14.9. The van der Waals surface area contributed by atoms with Gasteiger partial charge >= 0.3 is 6.85 Å². The molecule has 0 fully saturated rings. The largest absolute Gasteiger partial charge is 0.456 e. The predicted octanol–water partition coefficient (Wildman–Crippen LogP) is 16.6. The highest BCUT2D eigenvalue weighted by Gasteiger charge is 2.49. The van der Waals surface area contributed by atoms with Crippen molar-refractivity contribution in [3.63, 3.8) is 0 Å². The van der Waals surface area contributed by atoms with Crippen molar-refractivity contribution < 1.29 is 4.42 Å².